The van der Waals surface area contributed by atoms with E-state index in [4.69, 9.17) is 0 Å². The number of benzene rings is 1. The summed E-state index contributed by atoms with van der Waals surface area (Å²) in [6.07, 6.45) is 0. The Morgan fingerprint density at radius 1 is 1.24 bits per heavy atom. The number of nitrogens with zero attached hydrogens (tertiary/aromatic N) is 2. The smallest absolute Gasteiger partial charge is 0.0608 e. The van der Waals surface area contributed by atoms with Crippen LogP contribution in [0.15, 0.2) is 24.3 Å². The Balaban J connectivity index is 2.00. The van der Waals surface area contributed by atoms with E-state index >= 15 is 0 Å². The topological polar surface area (TPSA) is 18.5 Å². The second-order valence-electron chi connectivity index (χ2n) is 5.92. The molecule has 2 heterocycles. The fourth-order valence-electron chi connectivity index (χ4n) is 3.00. The van der Waals surface area contributed by atoms with Gasteiger partial charge >= 0.3 is 0 Å². The van der Waals surface area contributed by atoms with Gasteiger partial charge < -0.3 is 15.1 Å². The van der Waals surface area contributed by atoms with Crippen LogP contribution in [0.2, 0.25) is 0 Å². The van der Waals surface area contributed by atoms with Crippen molar-refractivity contribution in [2.45, 2.75) is 25.4 Å². The molecule has 1 atom stereocenters. The third-order valence-corrected chi connectivity index (χ3v) is 3.91. The number of piperazine rings is 1. The largest absolute Gasteiger partial charge is 0.371 e. The molecule has 92 valence electrons. The van der Waals surface area contributed by atoms with Gasteiger partial charge in [-0.1, -0.05) is 12.1 Å². The van der Waals surface area contributed by atoms with Crippen LogP contribution in [-0.4, -0.2) is 38.3 Å². The summed E-state index contributed by atoms with van der Waals surface area (Å²) < 4.78 is 0. The molecule has 1 fully saturated rings. The van der Waals surface area contributed by atoms with Crippen LogP contribution in [-0.2, 0) is 0 Å². The fourth-order valence-corrected chi connectivity index (χ4v) is 3.00. The first-order chi connectivity index (χ1) is 8.07. The maximum atomic E-state index is 3.64. The van der Waals surface area contributed by atoms with Crippen LogP contribution in [0.25, 0.3) is 0 Å². The van der Waals surface area contributed by atoms with Crippen LogP contribution < -0.4 is 15.1 Å². The van der Waals surface area contributed by atoms with Crippen molar-refractivity contribution >= 4 is 11.4 Å². The van der Waals surface area contributed by atoms with Gasteiger partial charge in [-0.05, 0) is 26.0 Å². The predicted molar refractivity (Wildman–Crippen MR) is 72.9 cm³/mol. The molecule has 2 aliphatic heterocycles. The molecule has 3 heteroatoms. The first-order valence-corrected chi connectivity index (χ1v) is 6.39. The maximum absolute atomic E-state index is 3.64. The number of anilines is 2. The molecular weight excluding hydrogens is 210 g/mol. The molecular formula is C14H21N3. The van der Waals surface area contributed by atoms with Gasteiger partial charge in [0.15, 0.2) is 0 Å². The molecule has 0 spiro atoms. The second kappa shape index (κ2) is 3.64. The van der Waals surface area contributed by atoms with Crippen LogP contribution in [0.3, 0.4) is 0 Å². The molecule has 1 unspecified atom stereocenters. The lowest BCUT2D eigenvalue weighted by Crippen LogP contribution is -2.65. The standard InChI is InChI=1S/C14H21N3/c1-14(2)10-17-11(8-15-14)9-16(3)12-6-4-5-7-13(12)17/h4-7,11,15H,8-10H2,1-3H3. The molecule has 1 saturated heterocycles. The summed E-state index contributed by atoms with van der Waals surface area (Å²) in [7, 11) is 2.19. The molecule has 0 amide bonds. The lowest BCUT2D eigenvalue weighted by molar-refractivity contribution is 0.307. The molecule has 3 rings (SSSR count). The van der Waals surface area contributed by atoms with Crippen LogP contribution >= 0.6 is 0 Å². The van der Waals surface area contributed by atoms with E-state index in [0.29, 0.717) is 6.04 Å². The van der Waals surface area contributed by atoms with Crippen molar-refractivity contribution in [3.8, 4) is 0 Å². The minimum atomic E-state index is 0.208. The zero-order chi connectivity index (χ0) is 12.0. The monoisotopic (exact) mass is 231 g/mol. The lowest BCUT2D eigenvalue weighted by Gasteiger charge is -2.51. The van der Waals surface area contributed by atoms with E-state index < -0.39 is 0 Å². The first kappa shape index (κ1) is 10.9. The molecule has 0 bridgehead atoms. The Bertz CT molecular complexity index is 427. The van der Waals surface area contributed by atoms with Crippen molar-refractivity contribution in [3.05, 3.63) is 24.3 Å². The Morgan fingerprint density at radius 2 is 1.94 bits per heavy atom. The van der Waals surface area contributed by atoms with Gasteiger partial charge in [-0.15, -0.1) is 0 Å². The highest BCUT2D eigenvalue weighted by Crippen LogP contribution is 2.36. The minimum Gasteiger partial charge on any atom is -0.371 e. The van der Waals surface area contributed by atoms with Gasteiger partial charge in [-0.2, -0.15) is 0 Å². The highest BCUT2D eigenvalue weighted by Gasteiger charge is 2.36. The molecule has 0 aliphatic carbocycles. The summed E-state index contributed by atoms with van der Waals surface area (Å²) in [6, 6.07) is 9.34. The van der Waals surface area contributed by atoms with E-state index in [9.17, 15) is 0 Å². The SMILES string of the molecule is CN1CC2CNC(C)(C)CN2c2ccccc21. The molecule has 1 aromatic rings. The molecule has 2 aliphatic rings. The van der Waals surface area contributed by atoms with E-state index in [2.05, 4.69) is 60.3 Å². The second-order valence-corrected chi connectivity index (χ2v) is 5.92. The van der Waals surface area contributed by atoms with Gasteiger partial charge in [-0.3, -0.25) is 0 Å². The highest BCUT2D eigenvalue weighted by molar-refractivity contribution is 5.74. The fraction of sp³-hybridized carbons (Fsp3) is 0.571. The highest BCUT2D eigenvalue weighted by atomic mass is 15.3. The molecule has 17 heavy (non-hydrogen) atoms. The molecule has 3 nitrogen and oxygen atoms in total. The number of para-hydroxylation sites is 2. The Hall–Kier alpha value is -1.22. The van der Waals surface area contributed by atoms with Crippen molar-refractivity contribution in [1.82, 2.24) is 5.32 Å². The quantitative estimate of drug-likeness (QED) is 0.733. The van der Waals surface area contributed by atoms with Crippen molar-refractivity contribution < 1.29 is 0 Å². The van der Waals surface area contributed by atoms with Crippen LogP contribution in [0.1, 0.15) is 13.8 Å². The zero-order valence-corrected chi connectivity index (χ0v) is 10.9. The van der Waals surface area contributed by atoms with Crippen LogP contribution in [0, 0.1) is 0 Å². The van der Waals surface area contributed by atoms with E-state index in [0.717, 1.165) is 19.6 Å². The van der Waals surface area contributed by atoms with Gasteiger partial charge in [0.1, 0.15) is 0 Å². The van der Waals surface area contributed by atoms with E-state index in [-0.39, 0.29) is 5.54 Å². The number of rotatable bonds is 0. The summed E-state index contributed by atoms with van der Waals surface area (Å²) in [4.78, 5) is 4.95. The Kier molecular flexibility index (Phi) is 2.33. The van der Waals surface area contributed by atoms with E-state index in [1.807, 2.05) is 0 Å². The normalized spacial score (nSPS) is 26.4. The Morgan fingerprint density at radius 3 is 2.71 bits per heavy atom. The average Bonchev–Trinajstić information content (AvgIpc) is 2.30. The maximum Gasteiger partial charge on any atom is 0.0608 e. The molecule has 0 aromatic heterocycles. The van der Waals surface area contributed by atoms with Gasteiger partial charge in [0.05, 0.1) is 17.4 Å². The predicted octanol–water partition coefficient (Wildman–Crippen LogP) is 1.69. The summed E-state index contributed by atoms with van der Waals surface area (Å²) in [6.45, 7) is 7.84. The van der Waals surface area contributed by atoms with Gasteiger partial charge in [0, 0.05) is 32.2 Å². The number of hydrogen-bond donors (Lipinski definition) is 1. The van der Waals surface area contributed by atoms with Crippen LogP contribution in [0.4, 0.5) is 11.4 Å². The first-order valence-electron chi connectivity index (χ1n) is 6.39. The van der Waals surface area contributed by atoms with Crippen molar-refractivity contribution in [1.29, 1.82) is 0 Å². The summed E-state index contributed by atoms with van der Waals surface area (Å²) in [5.41, 5.74) is 2.96. The number of likely N-dealkylation sites (N-methyl/N-ethyl adjacent to an activating group) is 1. The van der Waals surface area contributed by atoms with Crippen molar-refractivity contribution in [2.75, 3.05) is 36.5 Å². The molecule has 1 N–H and O–H groups in total. The summed E-state index contributed by atoms with van der Waals surface area (Å²) in [5.74, 6) is 0. The molecule has 0 radical (unpaired) electrons. The van der Waals surface area contributed by atoms with Gasteiger partial charge in [0.2, 0.25) is 0 Å². The third-order valence-electron chi connectivity index (χ3n) is 3.91. The number of nitrogens with one attached hydrogen (secondary N) is 1. The number of fused-ring (bicyclic) bond motifs is 3. The van der Waals surface area contributed by atoms with Crippen molar-refractivity contribution in [3.63, 3.8) is 0 Å². The van der Waals surface area contributed by atoms with Gasteiger partial charge in [-0.25, -0.2) is 0 Å². The van der Waals surface area contributed by atoms with Crippen molar-refractivity contribution in [2.24, 2.45) is 0 Å². The van der Waals surface area contributed by atoms with E-state index in [1.165, 1.54) is 11.4 Å². The lowest BCUT2D eigenvalue weighted by atomic mass is 9.95. The molecule has 1 aromatic carbocycles. The molecule has 0 saturated carbocycles. The minimum absolute atomic E-state index is 0.208. The third kappa shape index (κ3) is 1.78. The Labute approximate surface area is 103 Å². The zero-order valence-electron chi connectivity index (χ0n) is 10.9. The summed E-state index contributed by atoms with van der Waals surface area (Å²) >= 11 is 0. The van der Waals surface area contributed by atoms with Crippen LogP contribution in [0.5, 0.6) is 0 Å². The van der Waals surface area contributed by atoms with E-state index in [1.54, 1.807) is 0 Å². The van der Waals surface area contributed by atoms with Gasteiger partial charge in [0.25, 0.3) is 0 Å². The summed E-state index contributed by atoms with van der Waals surface area (Å²) in [5, 5.41) is 3.64. The average molecular weight is 231 g/mol. The number of hydrogen-bond acceptors (Lipinski definition) is 3.